The Bertz CT molecular complexity index is 1280. The van der Waals surface area contributed by atoms with E-state index in [0.29, 0.717) is 47.3 Å². The van der Waals surface area contributed by atoms with Gasteiger partial charge in [-0.3, -0.25) is 4.79 Å². The zero-order chi connectivity index (χ0) is 26.8. The first kappa shape index (κ1) is 27.8. The number of carbonyl (C=O) groups excluding carboxylic acids is 1. The number of hydrogen-bond donors (Lipinski definition) is 2. The van der Waals surface area contributed by atoms with Crippen LogP contribution in [0.1, 0.15) is 45.7 Å². The number of nitrogens with one attached hydrogen (secondary N) is 1. The minimum atomic E-state index is -0.980. The molecule has 0 heterocycles. The summed E-state index contributed by atoms with van der Waals surface area (Å²) in [5.41, 5.74) is 4.63. The van der Waals surface area contributed by atoms with E-state index in [2.05, 4.69) is 33.1 Å². The molecule has 0 fully saturated rings. The number of halogens is 1. The van der Waals surface area contributed by atoms with E-state index < -0.39 is 11.9 Å². The predicted octanol–water partition coefficient (Wildman–Crippen LogP) is 5.14. The summed E-state index contributed by atoms with van der Waals surface area (Å²) in [6.45, 7) is 4.91. The van der Waals surface area contributed by atoms with Gasteiger partial charge in [0.05, 0.1) is 35.7 Å². The molecule has 3 aromatic rings. The number of carboxylic acids is 1. The minimum Gasteiger partial charge on any atom is -0.493 e. The van der Waals surface area contributed by atoms with Gasteiger partial charge in [0.25, 0.3) is 5.91 Å². The predicted molar refractivity (Wildman–Crippen MR) is 147 cm³/mol. The van der Waals surface area contributed by atoms with Gasteiger partial charge in [0, 0.05) is 5.56 Å². The third-order valence-corrected chi connectivity index (χ3v) is 5.82. The summed E-state index contributed by atoms with van der Waals surface area (Å²) >= 11 is 2.13. The van der Waals surface area contributed by atoms with Crippen LogP contribution < -0.4 is 24.4 Å². The maximum Gasteiger partial charge on any atom is 0.335 e. The Labute approximate surface area is 228 Å². The molecule has 1 amide bonds. The van der Waals surface area contributed by atoms with Gasteiger partial charge in [0.1, 0.15) is 6.61 Å². The molecule has 194 valence electrons. The summed E-state index contributed by atoms with van der Waals surface area (Å²) in [5.74, 6) is 0.737. The van der Waals surface area contributed by atoms with Crippen molar-refractivity contribution in [1.29, 1.82) is 0 Å². The van der Waals surface area contributed by atoms with Gasteiger partial charge in [0.15, 0.2) is 23.0 Å². The number of amides is 1. The average Bonchev–Trinajstić information content (AvgIpc) is 2.89. The number of hydrogen-bond acceptors (Lipinski definition) is 7. The third kappa shape index (κ3) is 7.59. The lowest BCUT2D eigenvalue weighted by Gasteiger charge is -2.14. The fraction of sp³-hybridized carbons (Fsp3) is 0.222. The zero-order valence-corrected chi connectivity index (χ0v) is 22.8. The lowest BCUT2D eigenvalue weighted by atomic mass is 10.1. The third-order valence-electron chi connectivity index (χ3n) is 5.02. The van der Waals surface area contributed by atoms with Crippen molar-refractivity contribution in [2.24, 2.45) is 5.10 Å². The lowest BCUT2D eigenvalue weighted by molar-refractivity contribution is 0.0696. The molecule has 37 heavy (non-hydrogen) atoms. The Balaban J connectivity index is 1.67. The van der Waals surface area contributed by atoms with Crippen molar-refractivity contribution in [3.05, 3.63) is 80.4 Å². The first-order valence-electron chi connectivity index (χ1n) is 11.4. The SMILES string of the molecule is CCOc1ccc(C(=O)N/N=C/c2cc(I)c(OCc3ccc(C(=O)O)cc3)c(OC)c2)cc1OCC. The van der Waals surface area contributed by atoms with Gasteiger partial charge in [-0.2, -0.15) is 5.10 Å². The van der Waals surface area contributed by atoms with Crippen LogP contribution in [0.4, 0.5) is 0 Å². The van der Waals surface area contributed by atoms with Crippen molar-refractivity contribution in [3.63, 3.8) is 0 Å². The summed E-state index contributed by atoms with van der Waals surface area (Å²) in [7, 11) is 1.53. The molecule has 10 heteroatoms. The quantitative estimate of drug-likeness (QED) is 0.164. The summed E-state index contributed by atoms with van der Waals surface area (Å²) in [5, 5.41) is 13.1. The van der Waals surface area contributed by atoms with Crippen molar-refractivity contribution in [2.45, 2.75) is 20.5 Å². The van der Waals surface area contributed by atoms with E-state index in [1.807, 2.05) is 19.9 Å². The topological polar surface area (TPSA) is 116 Å². The largest absolute Gasteiger partial charge is 0.493 e. The highest BCUT2D eigenvalue weighted by atomic mass is 127. The highest BCUT2D eigenvalue weighted by molar-refractivity contribution is 14.1. The number of ether oxygens (including phenoxy) is 4. The van der Waals surface area contributed by atoms with E-state index in [0.717, 1.165) is 9.13 Å². The second kappa shape index (κ2) is 13.5. The maximum absolute atomic E-state index is 12.6. The van der Waals surface area contributed by atoms with E-state index in [1.165, 1.54) is 25.5 Å². The van der Waals surface area contributed by atoms with Crippen LogP contribution in [0.25, 0.3) is 0 Å². The van der Waals surface area contributed by atoms with Crippen molar-refractivity contribution in [2.75, 3.05) is 20.3 Å². The number of benzene rings is 3. The molecule has 0 radical (unpaired) electrons. The minimum absolute atomic E-state index is 0.212. The van der Waals surface area contributed by atoms with Gasteiger partial charge in [-0.25, -0.2) is 10.2 Å². The monoisotopic (exact) mass is 618 g/mol. The molecule has 2 N–H and O–H groups in total. The Morgan fingerprint density at radius 3 is 2.24 bits per heavy atom. The fourth-order valence-corrected chi connectivity index (χ4v) is 4.06. The second-order valence-electron chi connectivity index (χ2n) is 7.55. The standard InChI is InChI=1S/C27H27IN2O7/c1-4-35-22-11-10-20(14-23(22)36-5-2)26(31)30-29-15-18-12-21(28)25(24(13-18)34-3)37-16-17-6-8-19(9-7-17)27(32)33/h6-15H,4-5,16H2,1-3H3,(H,30,31)(H,32,33)/b29-15+. The lowest BCUT2D eigenvalue weighted by Crippen LogP contribution is -2.17. The molecule has 0 bridgehead atoms. The van der Waals surface area contributed by atoms with Crippen LogP contribution >= 0.6 is 22.6 Å². The maximum atomic E-state index is 12.6. The van der Waals surface area contributed by atoms with E-state index >= 15 is 0 Å². The van der Waals surface area contributed by atoms with Crippen molar-refractivity contribution >= 4 is 40.7 Å². The summed E-state index contributed by atoms with van der Waals surface area (Å²) < 4.78 is 23.3. The van der Waals surface area contributed by atoms with E-state index in [-0.39, 0.29) is 12.2 Å². The molecule has 3 rings (SSSR count). The van der Waals surface area contributed by atoms with E-state index in [1.54, 1.807) is 36.4 Å². The van der Waals surface area contributed by atoms with Crippen LogP contribution in [0.5, 0.6) is 23.0 Å². The van der Waals surface area contributed by atoms with Crippen LogP contribution in [-0.2, 0) is 6.61 Å². The van der Waals surface area contributed by atoms with E-state index in [9.17, 15) is 9.59 Å². The molecule has 0 aliphatic rings. The van der Waals surface area contributed by atoms with Crippen molar-refractivity contribution < 1.29 is 33.6 Å². The van der Waals surface area contributed by atoms with Crippen LogP contribution in [0.2, 0.25) is 0 Å². The van der Waals surface area contributed by atoms with Gasteiger partial charge < -0.3 is 24.1 Å². The number of aromatic carboxylic acids is 1. The van der Waals surface area contributed by atoms with Crippen LogP contribution in [0.3, 0.4) is 0 Å². The molecule has 0 saturated carbocycles. The van der Waals surface area contributed by atoms with Gasteiger partial charge in [-0.05, 0) is 90.0 Å². The molecule has 0 atom stereocenters. The molecule has 0 spiro atoms. The number of rotatable bonds is 12. The molecule has 3 aromatic carbocycles. The molecule has 0 aliphatic heterocycles. The average molecular weight is 618 g/mol. The Hall–Kier alpha value is -3.80. The number of methoxy groups -OCH3 is 1. The molecular weight excluding hydrogens is 591 g/mol. The molecule has 0 aromatic heterocycles. The Morgan fingerprint density at radius 2 is 1.59 bits per heavy atom. The zero-order valence-electron chi connectivity index (χ0n) is 20.6. The van der Waals surface area contributed by atoms with Gasteiger partial charge in [-0.1, -0.05) is 12.1 Å². The van der Waals surface area contributed by atoms with Gasteiger partial charge >= 0.3 is 5.97 Å². The Morgan fingerprint density at radius 1 is 0.919 bits per heavy atom. The summed E-state index contributed by atoms with van der Waals surface area (Å²) in [4.78, 5) is 23.6. The molecular formula is C27H27IN2O7. The first-order chi connectivity index (χ1) is 17.9. The number of carbonyl (C=O) groups is 2. The van der Waals surface area contributed by atoms with Crippen LogP contribution in [0, 0.1) is 3.57 Å². The molecule has 0 unspecified atom stereocenters. The highest BCUT2D eigenvalue weighted by Crippen LogP contribution is 2.34. The van der Waals surface area contributed by atoms with Crippen LogP contribution in [-0.4, -0.2) is 43.5 Å². The van der Waals surface area contributed by atoms with Gasteiger partial charge in [-0.15, -0.1) is 0 Å². The van der Waals surface area contributed by atoms with Gasteiger partial charge in [0.2, 0.25) is 0 Å². The smallest absolute Gasteiger partial charge is 0.335 e. The second-order valence-corrected chi connectivity index (χ2v) is 8.71. The number of carboxylic acid groups (broad SMARTS) is 1. The fourth-order valence-electron chi connectivity index (χ4n) is 3.28. The van der Waals surface area contributed by atoms with Crippen LogP contribution in [0.15, 0.2) is 59.7 Å². The molecule has 0 aliphatic carbocycles. The number of hydrazone groups is 1. The van der Waals surface area contributed by atoms with Crippen molar-refractivity contribution in [3.8, 4) is 23.0 Å². The summed E-state index contributed by atoms with van der Waals surface area (Å²) in [6, 6.07) is 15.0. The van der Waals surface area contributed by atoms with Crippen molar-refractivity contribution in [1.82, 2.24) is 5.43 Å². The Kier molecular flexibility index (Phi) is 10.1. The van der Waals surface area contributed by atoms with E-state index in [4.69, 9.17) is 24.1 Å². The molecule has 0 saturated heterocycles. The summed E-state index contributed by atoms with van der Waals surface area (Å²) in [6.07, 6.45) is 1.51. The normalized spacial score (nSPS) is 10.7. The highest BCUT2D eigenvalue weighted by Gasteiger charge is 2.13. The molecule has 9 nitrogen and oxygen atoms in total. The first-order valence-corrected chi connectivity index (χ1v) is 12.5. The number of nitrogens with zero attached hydrogens (tertiary/aromatic N) is 1.